The Morgan fingerprint density at radius 1 is 1.23 bits per heavy atom. The van der Waals surface area contributed by atoms with Crippen LogP contribution in [0.1, 0.15) is 37.8 Å². The van der Waals surface area contributed by atoms with Crippen LogP contribution in [0.5, 0.6) is 0 Å². The van der Waals surface area contributed by atoms with Crippen LogP contribution in [-0.4, -0.2) is 6.04 Å². The van der Waals surface area contributed by atoms with Crippen molar-refractivity contribution in [2.75, 3.05) is 0 Å². The highest BCUT2D eigenvalue weighted by molar-refractivity contribution is 5.20. The van der Waals surface area contributed by atoms with Gasteiger partial charge in [-0.05, 0) is 24.8 Å². The molecule has 1 fully saturated rings. The Morgan fingerprint density at radius 3 is 2.62 bits per heavy atom. The summed E-state index contributed by atoms with van der Waals surface area (Å²) in [6.07, 6.45) is 3.88. The molecule has 1 N–H and O–H groups in total. The second-order valence-electron chi connectivity index (χ2n) is 3.81. The monoisotopic (exact) mass is 175 g/mol. The maximum absolute atomic E-state index is 3.66. The summed E-state index contributed by atoms with van der Waals surface area (Å²) in [5, 5.41) is 3.66. The van der Waals surface area contributed by atoms with E-state index in [0.717, 1.165) is 6.04 Å². The molecular weight excluding hydrogens is 158 g/mol. The van der Waals surface area contributed by atoms with Crippen LogP contribution in [0.25, 0.3) is 0 Å². The molecule has 0 bridgehead atoms. The van der Waals surface area contributed by atoms with Crippen LogP contribution in [0.4, 0.5) is 0 Å². The second kappa shape index (κ2) is 3.93. The summed E-state index contributed by atoms with van der Waals surface area (Å²) >= 11 is 0. The molecule has 0 radical (unpaired) electrons. The van der Waals surface area contributed by atoms with Crippen LogP contribution in [0.15, 0.2) is 30.3 Å². The molecule has 0 amide bonds. The lowest BCUT2D eigenvalue weighted by atomic mass is 10.1. The van der Waals surface area contributed by atoms with E-state index in [9.17, 15) is 0 Å². The minimum atomic E-state index is 0.603. The van der Waals surface area contributed by atoms with E-state index < -0.39 is 0 Å². The molecular formula is C12H17N. The third-order valence-corrected chi connectivity index (χ3v) is 2.94. The zero-order chi connectivity index (χ0) is 9.10. The normalized spacial score (nSPS) is 27.8. The Kier molecular flexibility index (Phi) is 2.65. The first kappa shape index (κ1) is 8.76. The summed E-state index contributed by atoms with van der Waals surface area (Å²) in [4.78, 5) is 0. The maximum atomic E-state index is 3.66. The molecule has 0 spiro atoms. The lowest BCUT2D eigenvalue weighted by Crippen LogP contribution is -2.23. The zero-order valence-corrected chi connectivity index (χ0v) is 8.16. The van der Waals surface area contributed by atoms with Crippen LogP contribution in [0.2, 0.25) is 0 Å². The molecule has 1 aliphatic heterocycles. The van der Waals surface area contributed by atoms with E-state index in [-0.39, 0.29) is 0 Å². The summed E-state index contributed by atoms with van der Waals surface area (Å²) in [6.45, 7) is 2.26. The molecule has 0 aliphatic carbocycles. The van der Waals surface area contributed by atoms with Gasteiger partial charge in [-0.2, -0.15) is 0 Å². The van der Waals surface area contributed by atoms with Gasteiger partial charge in [0.05, 0.1) is 0 Å². The van der Waals surface area contributed by atoms with E-state index in [1.807, 2.05) is 0 Å². The van der Waals surface area contributed by atoms with Gasteiger partial charge >= 0.3 is 0 Å². The van der Waals surface area contributed by atoms with Crippen LogP contribution >= 0.6 is 0 Å². The van der Waals surface area contributed by atoms with Gasteiger partial charge in [0.25, 0.3) is 0 Å². The first-order valence-electron chi connectivity index (χ1n) is 5.21. The van der Waals surface area contributed by atoms with Crippen molar-refractivity contribution in [1.29, 1.82) is 0 Å². The van der Waals surface area contributed by atoms with Crippen molar-refractivity contribution in [3.05, 3.63) is 35.9 Å². The zero-order valence-electron chi connectivity index (χ0n) is 8.16. The number of hydrogen-bond acceptors (Lipinski definition) is 1. The Labute approximate surface area is 80.2 Å². The van der Waals surface area contributed by atoms with Crippen LogP contribution < -0.4 is 5.32 Å². The Hall–Kier alpha value is -0.820. The molecule has 1 aromatic carbocycles. The highest BCUT2D eigenvalue weighted by Gasteiger charge is 2.22. The van der Waals surface area contributed by atoms with Gasteiger partial charge < -0.3 is 5.32 Å². The number of nitrogens with one attached hydrogen (secondary N) is 1. The third kappa shape index (κ3) is 1.92. The molecule has 1 nitrogen and oxygen atoms in total. The predicted octanol–water partition coefficient (Wildman–Crippen LogP) is 2.89. The molecule has 0 saturated carbocycles. The molecule has 1 aliphatic rings. The Bertz CT molecular complexity index is 255. The summed E-state index contributed by atoms with van der Waals surface area (Å²) < 4.78 is 0. The number of rotatable bonds is 2. The molecule has 1 heterocycles. The van der Waals surface area contributed by atoms with Crippen molar-refractivity contribution >= 4 is 0 Å². The van der Waals surface area contributed by atoms with E-state index in [2.05, 4.69) is 42.6 Å². The SMILES string of the molecule is CC[C@H]1CC[C@H](c2ccccc2)N1. The van der Waals surface area contributed by atoms with E-state index in [0.29, 0.717) is 6.04 Å². The van der Waals surface area contributed by atoms with Gasteiger partial charge in [-0.25, -0.2) is 0 Å². The fraction of sp³-hybridized carbons (Fsp3) is 0.500. The predicted molar refractivity (Wildman–Crippen MR) is 55.6 cm³/mol. The quantitative estimate of drug-likeness (QED) is 0.728. The first-order chi connectivity index (χ1) is 6.40. The molecule has 1 aromatic rings. The summed E-state index contributed by atoms with van der Waals surface area (Å²) in [7, 11) is 0. The van der Waals surface area contributed by atoms with Crippen molar-refractivity contribution in [2.24, 2.45) is 0 Å². The van der Waals surface area contributed by atoms with Gasteiger partial charge in [-0.3, -0.25) is 0 Å². The summed E-state index contributed by atoms with van der Waals surface area (Å²) in [5.74, 6) is 0. The number of benzene rings is 1. The van der Waals surface area contributed by atoms with Gasteiger partial charge in [0.1, 0.15) is 0 Å². The van der Waals surface area contributed by atoms with Gasteiger partial charge in [-0.15, -0.1) is 0 Å². The van der Waals surface area contributed by atoms with Gasteiger partial charge in [0.15, 0.2) is 0 Å². The molecule has 2 atom stereocenters. The van der Waals surface area contributed by atoms with E-state index >= 15 is 0 Å². The molecule has 2 rings (SSSR count). The van der Waals surface area contributed by atoms with Crippen molar-refractivity contribution < 1.29 is 0 Å². The summed E-state index contributed by atoms with van der Waals surface area (Å²) in [6, 6.07) is 12.1. The number of hydrogen-bond donors (Lipinski definition) is 1. The van der Waals surface area contributed by atoms with E-state index in [1.54, 1.807) is 0 Å². The minimum Gasteiger partial charge on any atom is -0.307 e. The Balaban J connectivity index is 2.04. The fourth-order valence-electron chi connectivity index (χ4n) is 2.09. The lowest BCUT2D eigenvalue weighted by Gasteiger charge is -2.12. The highest BCUT2D eigenvalue weighted by Crippen LogP contribution is 2.27. The molecule has 13 heavy (non-hydrogen) atoms. The lowest BCUT2D eigenvalue weighted by molar-refractivity contribution is 0.540. The van der Waals surface area contributed by atoms with Gasteiger partial charge in [0, 0.05) is 12.1 Å². The Morgan fingerprint density at radius 2 is 2.00 bits per heavy atom. The standard InChI is InChI=1S/C12H17N/c1-2-11-8-9-12(13-11)10-6-4-3-5-7-10/h3-7,11-13H,2,8-9H2,1H3/t11-,12+/m0/s1. The first-order valence-corrected chi connectivity index (χ1v) is 5.21. The van der Waals surface area contributed by atoms with Crippen molar-refractivity contribution in [3.8, 4) is 0 Å². The molecule has 1 saturated heterocycles. The van der Waals surface area contributed by atoms with Crippen molar-refractivity contribution in [3.63, 3.8) is 0 Å². The second-order valence-corrected chi connectivity index (χ2v) is 3.81. The van der Waals surface area contributed by atoms with Gasteiger partial charge in [0.2, 0.25) is 0 Å². The molecule has 0 unspecified atom stereocenters. The van der Waals surface area contributed by atoms with E-state index in [1.165, 1.54) is 24.8 Å². The summed E-state index contributed by atoms with van der Waals surface area (Å²) in [5.41, 5.74) is 1.44. The smallest absolute Gasteiger partial charge is 0.0323 e. The van der Waals surface area contributed by atoms with E-state index in [4.69, 9.17) is 0 Å². The van der Waals surface area contributed by atoms with Crippen molar-refractivity contribution in [2.45, 2.75) is 38.3 Å². The minimum absolute atomic E-state index is 0.603. The average Bonchev–Trinajstić information content (AvgIpc) is 2.67. The fourth-order valence-corrected chi connectivity index (χ4v) is 2.09. The molecule has 0 aromatic heterocycles. The molecule has 1 heteroatoms. The topological polar surface area (TPSA) is 12.0 Å². The largest absolute Gasteiger partial charge is 0.307 e. The van der Waals surface area contributed by atoms with Crippen LogP contribution in [0, 0.1) is 0 Å². The van der Waals surface area contributed by atoms with Gasteiger partial charge in [-0.1, -0.05) is 37.3 Å². The van der Waals surface area contributed by atoms with Crippen LogP contribution in [0.3, 0.4) is 0 Å². The molecule has 70 valence electrons. The highest BCUT2D eigenvalue weighted by atomic mass is 15.0. The average molecular weight is 175 g/mol. The third-order valence-electron chi connectivity index (χ3n) is 2.94. The maximum Gasteiger partial charge on any atom is 0.0323 e. The van der Waals surface area contributed by atoms with Crippen molar-refractivity contribution in [1.82, 2.24) is 5.32 Å². The van der Waals surface area contributed by atoms with Crippen LogP contribution in [-0.2, 0) is 0 Å².